The highest BCUT2D eigenvalue weighted by molar-refractivity contribution is 7.08. The highest BCUT2D eigenvalue weighted by Gasteiger charge is 2.24. The van der Waals surface area contributed by atoms with Gasteiger partial charge in [0.1, 0.15) is 5.75 Å². The van der Waals surface area contributed by atoms with Gasteiger partial charge in [0.2, 0.25) is 0 Å². The van der Waals surface area contributed by atoms with Gasteiger partial charge < -0.3 is 9.84 Å². The van der Waals surface area contributed by atoms with Crippen molar-refractivity contribution < 1.29 is 14.6 Å². The molecule has 0 radical (unpaired) electrons. The second-order valence-corrected chi connectivity index (χ2v) is 8.46. The topological polar surface area (TPSA) is 59.4 Å². The summed E-state index contributed by atoms with van der Waals surface area (Å²) in [6.45, 7) is 4.32. The molecular weight excluding hydrogens is 370 g/mol. The zero-order valence-electron chi connectivity index (χ0n) is 16.3. The van der Waals surface area contributed by atoms with Crippen LogP contribution in [0.4, 0.5) is 0 Å². The molecule has 1 N–H and O–H groups in total. The van der Waals surface area contributed by atoms with E-state index in [2.05, 4.69) is 13.8 Å². The SMILES string of the molecule is CCc1ccc(O[C@@H]2CCC[C@H](C)C2)c2c(C(=O)O)cc(-c3ccsc3)nc12. The lowest BCUT2D eigenvalue weighted by molar-refractivity contribution is 0.0698. The Morgan fingerprint density at radius 1 is 1.32 bits per heavy atom. The van der Waals surface area contributed by atoms with Crippen LogP contribution in [0, 0.1) is 5.92 Å². The first-order chi connectivity index (χ1) is 13.6. The summed E-state index contributed by atoms with van der Waals surface area (Å²) in [5.74, 6) is 0.342. The van der Waals surface area contributed by atoms with Crippen LogP contribution in [0.5, 0.6) is 5.75 Å². The van der Waals surface area contributed by atoms with Crippen LogP contribution >= 0.6 is 11.3 Å². The number of carboxylic acids is 1. The van der Waals surface area contributed by atoms with Crippen LogP contribution in [0.25, 0.3) is 22.2 Å². The van der Waals surface area contributed by atoms with Crippen LogP contribution in [0.3, 0.4) is 0 Å². The maximum atomic E-state index is 12.2. The molecule has 28 heavy (non-hydrogen) atoms. The molecule has 4 rings (SSSR count). The maximum absolute atomic E-state index is 12.2. The van der Waals surface area contributed by atoms with Gasteiger partial charge in [0, 0.05) is 10.9 Å². The Hall–Kier alpha value is -2.40. The van der Waals surface area contributed by atoms with E-state index in [1.54, 1.807) is 17.4 Å². The molecule has 2 heterocycles. The maximum Gasteiger partial charge on any atom is 0.336 e. The molecule has 0 bridgehead atoms. The summed E-state index contributed by atoms with van der Waals surface area (Å²) in [6.07, 6.45) is 5.35. The van der Waals surface area contributed by atoms with E-state index in [0.29, 0.717) is 22.7 Å². The van der Waals surface area contributed by atoms with Gasteiger partial charge in [-0.2, -0.15) is 11.3 Å². The van der Waals surface area contributed by atoms with E-state index in [-0.39, 0.29) is 11.7 Å². The molecular formula is C23H25NO3S. The smallest absolute Gasteiger partial charge is 0.336 e. The van der Waals surface area contributed by atoms with Crippen LogP contribution in [-0.2, 0) is 6.42 Å². The van der Waals surface area contributed by atoms with Crippen molar-refractivity contribution in [1.29, 1.82) is 0 Å². The first-order valence-corrected chi connectivity index (χ1v) is 10.9. The molecule has 0 saturated heterocycles. The Morgan fingerprint density at radius 3 is 2.86 bits per heavy atom. The molecule has 3 aromatic rings. The van der Waals surface area contributed by atoms with E-state index in [4.69, 9.17) is 9.72 Å². The number of rotatable bonds is 5. The Labute approximate surface area is 169 Å². The van der Waals surface area contributed by atoms with Crippen molar-refractivity contribution in [2.24, 2.45) is 5.92 Å². The summed E-state index contributed by atoms with van der Waals surface area (Å²) in [4.78, 5) is 17.0. The molecule has 4 nitrogen and oxygen atoms in total. The van der Waals surface area contributed by atoms with Gasteiger partial charge in [-0.3, -0.25) is 0 Å². The second kappa shape index (κ2) is 7.92. The van der Waals surface area contributed by atoms with Gasteiger partial charge in [0.15, 0.2) is 0 Å². The van der Waals surface area contributed by atoms with Gasteiger partial charge >= 0.3 is 5.97 Å². The normalized spacial score (nSPS) is 19.6. The summed E-state index contributed by atoms with van der Waals surface area (Å²) in [5, 5.41) is 14.6. The molecule has 0 aliphatic heterocycles. The second-order valence-electron chi connectivity index (χ2n) is 7.68. The van der Waals surface area contributed by atoms with Crippen molar-refractivity contribution in [3.8, 4) is 17.0 Å². The molecule has 1 fully saturated rings. The number of pyridine rings is 1. The average Bonchev–Trinajstić information content (AvgIpc) is 3.22. The zero-order valence-corrected chi connectivity index (χ0v) is 17.1. The van der Waals surface area contributed by atoms with Gasteiger partial charge in [-0.05, 0) is 60.7 Å². The molecule has 146 valence electrons. The number of aryl methyl sites for hydroxylation is 1. The Balaban J connectivity index is 1.88. The van der Waals surface area contributed by atoms with Crippen LogP contribution < -0.4 is 4.74 Å². The number of ether oxygens (including phenoxy) is 1. The van der Waals surface area contributed by atoms with Crippen LogP contribution in [0.15, 0.2) is 35.0 Å². The number of aromatic nitrogens is 1. The quantitative estimate of drug-likeness (QED) is 0.560. The predicted molar refractivity (Wildman–Crippen MR) is 113 cm³/mol. The minimum absolute atomic E-state index is 0.137. The molecule has 1 aromatic carbocycles. The predicted octanol–water partition coefficient (Wildman–Crippen LogP) is 6.18. The number of carbonyl (C=O) groups is 1. The number of fused-ring (bicyclic) bond motifs is 1. The van der Waals surface area contributed by atoms with E-state index in [9.17, 15) is 9.90 Å². The van der Waals surface area contributed by atoms with Gasteiger partial charge in [-0.25, -0.2) is 9.78 Å². The van der Waals surface area contributed by atoms with E-state index < -0.39 is 5.97 Å². The van der Waals surface area contributed by atoms with Crippen LogP contribution in [0.1, 0.15) is 55.5 Å². The number of aromatic carboxylic acids is 1. The van der Waals surface area contributed by atoms with Crippen molar-refractivity contribution in [1.82, 2.24) is 4.98 Å². The van der Waals surface area contributed by atoms with E-state index >= 15 is 0 Å². The third-order valence-electron chi connectivity index (χ3n) is 5.62. The summed E-state index contributed by atoms with van der Waals surface area (Å²) >= 11 is 1.58. The fraction of sp³-hybridized carbons (Fsp3) is 0.391. The lowest BCUT2D eigenvalue weighted by Gasteiger charge is -2.28. The van der Waals surface area contributed by atoms with Crippen molar-refractivity contribution in [3.63, 3.8) is 0 Å². The molecule has 1 aliphatic carbocycles. The number of hydrogen-bond acceptors (Lipinski definition) is 4. The van der Waals surface area contributed by atoms with Crippen LogP contribution in [-0.4, -0.2) is 22.2 Å². The van der Waals surface area contributed by atoms with Crippen molar-refractivity contribution in [2.75, 3.05) is 0 Å². The zero-order chi connectivity index (χ0) is 19.7. The minimum Gasteiger partial charge on any atom is -0.490 e. The molecule has 1 saturated carbocycles. The van der Waals surface area contributed by atoms with Gasteiger partial charge in [0.25, 0.3) is 0 Å². The Bertz CT molecular complexity index is 997. The van der Waals surface area contributed by atoms with E-state index in [0.717, 1.165) is 42.3 Å². The standard InChI is InChI=1S/C23H25NO3S/c1-3-15-7-8-20(27-17-6-4-5-14(2)11-17)21-18(23(25)26)12-19(24-22(15)21)16-9-10-28-13-16/h7-10,12-14,17H,3-6,11H2,1-2H3,(H,25,26)/t14-,17+/m0/s1. The fourth-order valence-corrected chi connectivity index (χ4v) is 4.79. The monoisotopic (exact) mass is 395 g/mol. The number of hydrogen-bond donors (Lipinski definition) is 1. The van der Waals surface area contributed by atoms with Gasteiger partial charge in [-0.15, -0.1) is 0 Å². The lowest BCUT2D eigenvalue weighted by atomic mass is 9.88. The summed E-state index contributed by atoms with van der Waals surface area (Å²) < 4.78 is 6.36. The molecule has 2 aromatic heterocycles. The first kappa shape index (κ1) is 18.9. The molecule has 5 heteroatoms. The largest absolute Gasteiger partial charge is 0.490 e. The Morgan fingerprint density at radius 2 is 2.18 bits per heavy atom. The molecule has 0 amide bonds. The number of nitrogens with zero attached hydrogens (tertiary/aromatic N) is 1. The minimum atomic E-state index is -0.945. The third kappa shape index (κ3) is 3.63. The lowest BCUT2D eigenvalue weighted by Crippen LogP contribution is -2.24. The fourth-order valence-electron chi connectivity index (χ4n) is 4.14. The number of carboxylic acid groups (broad SMARTS) is 1. The van der Waals surface area contributed by atoms with Crippen molar-refractivity contribution >= 4 is 28.2 Å². The van der Waals surface area contributed by atoms with Gasteiger partial charge in [0.05, 0.1) is 28.3 Å². The van der Waals surface area contributed by atoms with Crippen molar-refractivity contribution in [2.45, 2.75) is 52.1 Å². The molecule has 0 spiro atoms. The summed E-state index contributed by atoms with van der Waals surface area (Å²) in [5.41, 5.74) is 3.69. The number of benzene rings is 1. The summed E-state index contributed by atoms with van der Waals surface area (Å²) in [7, 11) is 0. The molecule has 0 unspecified atom stereocenters. The molecule has 1 aliphatic rings. The first-order valence-electron chi connectivity index (χ1n) is 9.96. The van der Waals surface area contributed by atoms with Crippen LogP contribution in [0.2, 0.25) is 0 Å². The number of thiophene rings is 1. The van der Waals surface area contributed by atoms with Crippen molar-refractivity contribution in [3.05, 3.63) is 46.2 Å². The van der Waals surface area contributed by atoms with E-state index in [1.165, 1.54) is 6.42 Å². The van der Waals surface area contributed by atoms with Gasteiger partial charge in [-0.1, -0.05) is 26.3 Å². The summed E-state index contributed by atoms with van der Waals surface area (Å²) in [6, 6.07) is 7.61. The average molecular weight is 396 g/mol. The highest BCUT2D eigenvalue weighted by atomic mass is 32.1. The molecule has 2 atom stereocenters. The highest BCUT2D eigenvalue weighted by Crippen LogP contribution is 2.36. The third-order valence-corrected chi connectivity index (χ3v) is 6.30. The van der Waals surface area contributed by atoms with E-state index in [1.807, 2.05) is 29.0 Å². The Kier molecular flexibility index (Phi) is 5.36.